The second kappa shape index (κ2) is 18.5. The van der Waals surface area contributed by atoms with E-state index in [1.54, 1.807) is 6.92 Å². The monoisotopic (exact) mass is 541 g/mol. The zero-order chi connectivity index (χ0) is 29.4. The van der Waals surface area contributed by atoms with E-state index >= 15 is 0 Å². The van der Waals surface area contributed by atoms with Gasteiger partial charge < -0.3 is 31.7 Å². The first-order valence-electron chi connectivity index (χ1n) is 13.8. The molecule has 4 amide bonds. The quantitative estimate of drug-likeness (QED) is 0.144. The number of carboxylic acid groups (broad SMARTS) is 1. The molecule has 0 saturated heterocycles. The third-order valence-corrected chi connectivity index (χ3v) is 6.58. The van der Waals surface area contributed by atoms with Crippen molar-refractivity contribution in [3.05, 3.63) is 0 Å². The van der Waals surface area contributed by atoms with Crippen molar-refractivity contribution in [2.45, 2.75) is 112 Å². The molecule has 0 heterocycles. The van der Waals surface area contributed by atoms with Crippen LogP contribution in [0.2, 0.25) is 0 Å². The maximum Gasteiger partial charge on any atom is 0.303 e. The minimum absolute atomic E-state index is 0.00368. The molecule has 0 bridgehead atoms. The van der Waals surface area contributed by atoms with Crippen LogP contribution in [0.3, 0.4) is 0 Å². The van der Waals surface area contributed by atoms with Crippen LogP contribution in [0.5, 0.6) is 0 Å². The molecule has 3 unspecified atom stereocenters. The van der Waals surface area contributed by atoms with Gasteiger partial charge in [-0.3, -0.25) is 24.0 Å². The lowest BCUT2D eigenvalue weighted by molar-refractivity contribution is -0.137. The SMILES string of the molecule is CC[C@H](C)C(NC(=O)CCCC(=O)O)C(=O)NCC(=O)NC(CN[C@@H](C)C(=O)NC(C)C(C)C)CC(C)C. The van der Waals surface area contributed by atoms with E-state index in [0.717, 1.165) is 0 Å². The van der Waals surface area contributed by atoms with E-state index in [1.807, 2.05) is 48.5 Å². The highest BCUT2D eigenvalue weighted by molar-refractivity contribution is 5.90. The summed E-state index contributed by atoms with van der Waals surface area (Å²) in [6.07, 6.45) is 1.37. The molecule has 11 nitrogen and oxygen atoms in total. The largest absolute Gasteiger partial charge is 0.481 e. The Morgan fingerprint density at radius 1 is 0.789 bits per heavy atom. The van der Waals surface area contributed by atoms with Crippen molar-refractivity contribution in [1.29, 1.82) is 0 Å². The number of amides is 4. The highest BCUT2D eigenvalue weighted by Gasteiger charge is 2.26. The fourth-order valence-electron chi connectivity index (χ4n) is 3.59. The molecular weight excluding hydrogens is 490 g/mol. The molecule has 220 valence electrons. The summed E-state index contributed by atoms with van der Waals surface area (Å²) in [6.45, 7) is 15.8. The van der Waals surface area contributed by atoms with Crippen LogP contribution in [0.25, 0.3) is 0 Å². The number of hydrogen-bond donors (Lipinski definition) is 6. The normalized spacial score (nSPS) is 15.2. The molecule has 0 radical (unpaired) electrons. The van der Waals surface area contributed by atoms with E-state index in [2.05, 4.69) is 26.6 Å². The second-order valence-corrected chi connectivity index (χ2v) is 11.0. The summed E-state index contributed by atoms with van der Waals surface area (Å²) in [5.41, 5.74) is 0. The number of hydrogen-bond acceptors (Lipinski definition) is 6. The van der Waals surface area contributed by atoms with Gasteiger partial charge in [-0.1, -0.05) is 48.0 Å². The van der Waals surface area contributed by atoms with Crippen LogP contribution in [0.15, 0.2) is 0 Å². The standard InChI is InChI=1S/C27H51N5O6/c1-9-18(6)25(32-22(33)11-10-12-24(35)36)27(38)29-15-23(34)31-21(13-16(2)3)14-28-20(8)26(37)30-19(7)17(4)5/h16-21,25,28H,9-15H2,1-8H3,(H,29,38)(H,30,37)(H,31,34)(H,32,33)(H,35,36)/t18-,19?,20-,21?,25?/m0/s1. The van der Waals surface area contributed by atoms with E-state index in [9.17, 15) is 24.0 Å². The van der Waals surface area contributed by atoms with Gasteiger partial charge in [-0.2, -0.15) is 0 Å². The predicted octanol–water partition coefficient (Wildman–Crippen LogP) is 1.56. The summed E-state index contributed by atoms with van der Waals surface area (Å²) in [4.78, 5) is 60.8. The molecule has 0 aliphatic heterocycles. The molecule has 0 rings (SSSR count). The maximum absolute atomic E-state index is 12.8. The topological polar surface area (TPSA) is 166 Å². The minimum atomic E-state index is -0.982. The summed E-state index contributed by atoms with van der Waals surface area (Å²) < 4.78 is 0. The van der Waals surface area contributed by atoms with Gasteiger partial charge >= 0.3 is 5.97 Å². The van der Waals surface area contributed by atoms with Crippen LogP contribution < -0.4 is 26.6 Å². The van der Waals surface area contributed by atoms with Gasteiger partial charge in [0.05, 0.1) is 12.6 Å². The van der Waals surface area contributed by atoms with Crippen LogP contribution in [0, 0.1) is 17.8 Å². The van der Waals surface area contributed by atoms with Crippen molar-refractivity contribution in [1.82, 2.24) is 26.6 Å². The minimum Gasteiger partial charge on any atom is -0.481 e. The Morgan fingerprint density at radius 3 is 1.95 bits per heavy atom. The number of nitrogens with one attached hydrogen (secondary N) is 5. The van der Waals surface area contributed by atoms with E-state index < -0.39 is 29.9 Å². The van der Waals surface area contributed by atoms with Crippen LogP contribution in [0.1, 0.15) is 87.5 Å². The van der Waals surface area contributed by atoms with Gasteiger partial charge in [0.1, 0.15) is 6.04 Å². The van der Waals surface area contributed by atoms with E-state index in [4.69, 9.17) is 5.11 Å². The Labute approximate surface area is 228 Å². The zero-order valence-electron chi connectivity index (χ0n) is 24.5. The highest BCUT2D eigenvalue weighted by atomic mass is 16.4. The molecule has 5 atom stereocenters. The molecule has 0 aliphatic rings. The summed E-state index contributed by atoms with van der Waals surface area (Å²) in [7, 11) is 0. The molecule has 0 aromatic carbocycles. The number of carboxylic acids is 1. The first kappa shape index (κ1) is 35.3. The molecule has 0 aromatic heterocycles. The van der Waals surface area contributed by atoms with Crippen molar-refractivity contribution >= 4 is 29.6 Å². The molecule has 6 N–H and O–H groups in total. The summed E-state index contributed by atoms with van der Waals surface area (Å²) >= 11 is 0. The lowest BCUT2D eigenvalue weighted by atomic mass is 9.98. The summed E-state index contributed by atoms with van der Waals surface area (Å²) in [6, 6.07) is -1.45. The Hall–Kier alpha value is -2.69. The van der Waals surface area contributed by atoms with Gasteiger partial charge in [0.2, 0.25) is 23.6 Å². The zero-order valence-corrected chi connectivity index (χ0v) is 24.5. The van der Waals surface area contributed by atoms with Crippen LogP contribution in [-0.4, -0.2) is 72.0 Å². The first-order chi connectivity index (χ1) is 17.7. The van der Waals surface area contributed by atoms with Crippen LogP contribution in [0.4, 0.5) is 0 Å². The smallest absolute Gasteiger partial charge is 0.303 e. The lowest BCUT2D eigenvalue weighted by Crippen LogP contribution is -2.54. The molecule has 0 aliphatic carbocycles. The maximum atomic E-state index is 12.8. The van der Waals surface area contributed by atoms with Crippen molar-refractivity contribution in [2.24, 2.45) is 17.8 Å². The Kier molecular flexibility index (Phi) is 17.2. The molecule has 0 saturated carbocycles. The molecule has 0 aromatic rings. The highest BCUT2D eigenvalue weighted by Crippen LogP contribution is 2.09. The van der Waals surface area contributed by atoms with Gasteiger partial charge in [-0.05, 0) is 44.4 Å². The van der Waals surface area contributed by atoms with Crippen molar-refractivity contribution in [3.8, 4) is 0 Å². The van der Waals surface area contributed by atoms with Crippen LogP contribution >= 0.6 is 0 Å². The molecule has 0 spiro atoms. The molecule has 0 fully saturated rings. The van der Waals surface area contributed by atoms with Gasteiger partial charge in [-0.25, -0.2) is 0 Å². The number of aliphatic carboxylic acids is 1. The van der Waals surface area contributed by atoms with E-state index in [0.29, 0.717) is 31.2 Å². The first-order valence-corrected chi connectivity index (χ1v) is 13.8. The third kappa shape index (κ3) is 15.5. The summed E-state index contributed by atoms with van der Waals surface area (Å²) in [5, 5.41) is 23.1. The van der Waals surface area contributed by atoms with E-state index in [-0.39, 0.29) is 55.6 Å². The second-order valence-electron chi connectivity index (χ2n) is 11.0. The number of carbonyl (C=O) groups excluding carboxylic acids is 4. The number of rotatable bonds is 19. The average molecular weight is 542 g/mol. The third-order valence-electron chi connectivity index (χ3n) is 6.58. The lowest BCUT2D eigenvalue weighted by Gasteiger charge is -2.26. The molecule has 38 heavy (non-hydrogen) atoms. The van der Waals surface area contributed by atoms with Crippen molar-refractivity contribution in [3.63, 3.8) is 0 Å². The van der Waals surface area contributed by atoms with E-state index in [1.165, 1.54) is 0 Å². The summed E-state index contributed by atoms with van der Waals surface area (Å²) in [5.74, 6) is -1.88. The van der Waals surface area contributed by atoms with Gasteiger partial charge in [0.25, 0.3) is 0 Å². The van der Waals surface area contributed by atoms with Crippen molar-refractivity contribution in [2.75, 3.05) is 13.1 Å². The number of carbonyl (C=O) groups is 5. The molecular formula is C27H51N5O6. The van der Waals surface area contributed by atoms with Crippen LogP contribution in [-0.2, 0) is 24.0 Å². The Balaban J connectivity index is 4.92. The van der Waals surface area contributed by atoms with Gasteiger partial charge in [-0.15, -0.1) is 0 Å². The molecule has 11 heteroatoms. The van der Waals surface area contributed by atoms with Gasteiger partial charge in [0, 0.05) is 31.5 Å². The predicted molar refractivity (Wildman–Crippen MR) is 147 cm³/mol. The van der Waals surface area contributed by atoms with Gasteiger partial charge in [0.15, 0.2) is 0 Å². The Morgan fingerprint density at radius 2 is 1.42 bits per heavy atom. The Bertz CT molecular complexity index is 773. The fourth-order valence-corrected chi connectivity index (χ4v) is 3.59. The average Bonchev–Trinajstić information content (AvgIpc) is 2.82. The fraction of sp³-hybridized carbons (Fsp3) is 0.815. The van der Waals surface area contributed by atoms with Crippen molar-refractivity contribution < 1.29 is 29.1 Å².